The van der Waals surface area contributed by atoms with Gasteiger partial charge in [0.1, 0.15) is 0 Å². The second kappa shape index (κ2) is 7.63. The number of alkyl halides is 1. The lowest BCUT2D eigenvalue weighted by Gasteiger charge is -2.18. The van der Waals surface area contributed by atoms with Crippen molar-refractivity contribution in [3.63, 3.8) is 0 Å². The van der Waals surface area contributed by atoms with Crippen molar-refractivity contribution >= 4 is 28.5 Å². The molecule has 0 aliphatic rings. The Labute approximate surface area is 117 Å². The molecule has 0 fully saturated rings. The van der Waals surface area contributed by atoms with Crippen molar-refractivity contribution in [1.29, 1.82) is 0 Å². The van der Waals surface area contributed by atoms with Gasteiger partial charge >= 0.3 is 0 Å². The molecule has 0 aliphatic heterocycles. The number of hydrogen-bond donors (Lipinski definition) is 1. The molecule has 0 saturated carbocycles. The number of halogens is 1. The molecule has 0 aromatic carbocycles. The van der Waals surface area contributed by atoms with E-state index in [1.165, 1.54) is 0 Å². The average molecular weight is 346 g/mol. The quantitative estimate of drug-likeness (QED) is 0.636. The summed E-state index contributed by atoms with van der Waals surface area (Å²) in [6, 6.07) is 5.72. The Morgan fingerprint density at radius 1 is 1.53 bits per heavy atom. The molecule has 1 aromatic rings. The summed E-state index contributed by atoms with van der Waals surface area (Å²) in [6.45, 7) is 4.71. The second-order valence-corrected chi connectivity index (χ2v) is 6.08. The topological polar surface area (TPSA) is 42.0 Å². The first-order valence-electron chi connectivity index (χ1n) is 5.96. The van der Waals surface area contributed by atoms with E-state index >= 15 is 0 Å². The molecule has 0 saturated heterocycles. The average Bonchev–Trinajstić information content (AvgIpc) is 2.34. The molecule has 1 aromatic heterocycles. The van der Waals surface area contributed by atoms with Gasteiger partial charge in [-0.3, -0.25) is 9.78 Å². The van der Waals surface area contributed by atoms with E-state index in [-0.39, 0.29) is 11.8 Å². The lowest BCUT2D eigenvalue weighted by molar-refractivity contribution is -0.125. The van der Waals surface area contributed by atoms with E-state index in [0.29, 0.717) is 10.5 Å². The van der Waals surface area contributed by atoms with Gasteiger partial charge in [0.15, 0.2) is 0 Å². The Morgan fingerprint density at radius 2 is 2.29 bits per heavy atom. The Bertz CT molecular complexity index is 341. The minimum atomic E-state index is 0.101. The van der Waals surface area contributed by atoms with E-state index in [4.69, 9.17) is 0 Å². The van der Waals surface area contributed by atoms with Crippen molar-refractivity contribution in [2.24, 2.45) is 5.92 Å². The number of amides is 1. The molecular formula is C13H19IN2O. The zero-order valence-electron chi connectivity index (χ0n) is 10.3. The fourth-order valence-corrected chi connectivity index (χ4v) is 2.38. The van der Waals surface area contributed by atoms with E-state index in [9.17, 15) is 4.79 Å². The lowest BCUT2D eigenvalue weighted by atomic mass is 10.00. The molecule has 17 heavy (non-hydrogen) atoms. The highest BCUT2D eigenvalue weighted by Gasteiger charge is 2.21. The summed E-state index contributed by atoms with van der Waals surface area (Å²) < 4.78 is 0.358. The highest BCUT2D eigenvalue weighted by molar-refractivity contribution is 14.1. The molecule has 0 spiro atoms. The van der Waals surface area contributed by atoms with Gasteiger partial charge in [0.25, 0.3) is 0 Å². The number of rotatable bonds is 6. The number of hydrogen-bond acceptors (Lipinski definition) is 2. The number of carbonyl (C=O) groups is 1. The van der Waals surface area contributed by atoms with Crippen molar-refractivity contribution in [3.05, 3.63) is 30.1 Å². The standard InChI is InChI=1S/C13H19IN2O/c1-3-6-12(10(2)14)13(17)16-9-11-7-4-5-8-15-11/h4-5,7-8,10,12H,3,6,9H2,1-2H3,(H,16,17)/t10?,12-/m0/s1. The number of nitrogens with one attached hydrogen (secondary N) is 1. The van der Waals surface area contributed by atoms with Crippen molar-refractivity contribution in [2.75, 3.05) is 0 Å². The molecule has 4 heteroatoms. The van der Waals surface area contributed by atoms with Gasteiger partial charge in [-0.25, -0.2) is 0 Å². The van der Waals surface area contributed by atoms with Crippen LogP contribution in [0.25, 0.3) is 0 Å². The summed E-state index contributed by atoms with van der Waals surface area (Å²) >= 11 is 2.32. The van der Waals surface area contributed by atoms with Gasteiger partial charge in [-0.2, -0.15) is 0 Å². The highest BCUT2D eigenvalue weighted by Crippen LogP contribution is 2.18. The summed E-state index contributed by atoms with van der Waals surface area (Å²) in [7, 11) is 0. The van der Waals surface area contributed by atoms with Gasteiger partial charge in [-0.05, 0) is 18.6 Å². The van der Waals surface area contributed by atoms with Crippen molar-refractivity contribution in [1.82, 2.24) is 10.3 Å². The minimum Gasteiger partial charge on any atom is -0.350 e. The second-order valence-electron chi connectivity index (χ2n) is 4.11. The van der Waals surface area contributed by atoms with Crippen molar-refractivity contribution in [3.8, 4) is 0 Å². The van der Waals surface area contributed by atoms with Crippen LogP contribution in [0, 0.1) is 5.92 Å². The third-order valence-corrected chi connectivity index (χ3v) is 3.53. The molecule has 1 amide bonds. The maximum absolute atomic E-state index is 12.0. The summed E-state index contributed by atoms with van der Waals surface area (Å²) in [5.41, 5.74) is 0.900. The van der Waals surface area contributed by atoms with Crippen LogP contribution in [-0.4, -0.2) is 14.8 Å². The molecule has 1 heterocycles. The molecule has 2 atom stereocenters. The Kier molecular flexibility index (Phi) is 6.47. The summed E-state index contributed by atoms with van der Waals surface area (Å²) in [6.07, 6.45) is 3.72. The van der Waals surface area contributed by atoms with Gasteiger partial charge in [0.2, 0.25) is 5.91 Å². The molecule has 1 N–H and O–H groups in total. The largest absolute Gasteiger partial charge is 0.350 e. The Morgan fingerprint density at radius 3 is 2.82 bits per heavy atom. The van der Waals surface area contributed by atoms with Gasteiger partial charge in [-0.15, -0.1) is 0 Å². The van der Waals surface area contributed by atoms with E-state index in [0.717, 1.165) is 18.5 Å². The maximum Gasteiger partial charge on any atom is 0.224 e. The third-order valence-electron chi connectivity index (χ3n) is 2.66. The van der Waals surface area contributed by atoms with E-state index in [2.05, 4.69) is 46.7 Å². The zero-order valence-corrected chi connectivity index (χ0v) is 12.5. The fraction of sp³-hybridized carbons (Fsp3) is 0.538. The first kappa shape index (κ1) is 14.4. The normalized spacial score (nSPS) is 14.1. The Hall–Kier alpha value is -0.650. The highest BCUT2D eigenvalue weighted by atomic mass is 127. The van der Waals surface area contributed by atoms with Gasteiger partial charge < -0.3 is 5.32 Å². The van der Waals surface area contributed by atoms with Crippen LogP contribution in [0.5, 0.6) is 0 Å². The predicted octanol–water partition coefficient (Wildman–Crippen LogP) is 2.94. The summed E-state index contributed by atoms with van der Waals surface area (Å²) in [5, 5.41) is 2.96. The number of aromatic nitrogens is 1. The molecule has 1 unspecified atom stereocenters. The lowest BCUT2D eigenvalue weighted by Crippen LogP contribution is -2.34. The summed E-state index contributed by atoms with van der Waals surface area (Å²) in [5.74, 6) is 0.240. The minimum absolute atomic E-state index is 0.101. The van der Waals surface area contributed by atoms with Crippen LogP contribution in [0.4, 0.5) is 0 Å². The van der Waals surface area contributed by atoms with Crippen LogP contribution >= 0.6 is 22.6 Å². The number of nitrogens with zero attached hydrogens (tertiary/aromatic N) is 1. The fourth-order valence-electron chi connectivity index (χ4n) is 1.69. The molecule has 94 valence electrons. The van der Waals surface area contributed by atoms with Gasteiger partial charge in [0, 0.05) is 16.0 Å². The molecule has 3 nitrogen and oxygen atoms in total. The third kappa shape index (κ3) is 5.02. The maximum atomic E-state index is 12.0. The molecule has 0 radical (unpaired) electrons. The van der Waals surface area contributed by atoms with Crippen LogP contribution in [0.3, 0.4) is 0 Å². The van der Waals surface area contributed by atoms with Gasteiger partial charge in [0.05, 0.1) is 12.2 Å². The Balaban J connectivity index is 2.47. The first-order chi connectivity index (χ1) is 8.15. The number of pyridine rings is 1. The van der Waals surface area contributed by atoms with Crippen molar-refractivity contribution < 1.29 is 4.79 Å². The monoisotopic (exact) mass is 346 g/mol. The molecule has 1 rings (SSSR count). The van der Waals surface area contributed by atoms with E-state index < -0.39 is 0 Å². The van der Waals surface area contributed by atoms with Crippen LogP contribution in [0.2, 0.25) is 0 Å². The smallest absolute Gasteiger partial charge is 0.224 e. The van der Waals surface area contributed by atoms with Crippen LogP contribution in [-0.2, 0) is 11.3 Å². The van der Waals surface area contributed by atoms with Gasteiger partial charge in [-0.1, -0.05) is 48.9 Å². The van der Waals surface area contributed by atoms with Crippen molar-refractivity contribution in [2.45, 2.75) is 37.2 Å². The SMILES string of the molecule is CCC[C@H](C(=O)NCc1ccccn1)C(C)I. The predicted molar refractivity (Wildman–Crippen MR) is 78.0 cm³/mol. The molecule has 0 aliphatic carbocycles. The number of carbonyl (C=O) groups excluding carboxylic acids is 1. The summed E-state index contributed by atoms with van der Waals surface area (Å²) in [4.78, 5) is 16.2. The molecule has 0 bridgehead atoms. The molecular weight excluding hydrogens is 327 g/mol. The van der Waals surface area contributed by atoms with E-state index in [1.807, 2.05) is 18.2 Å². The zero-order chi connectivity index (χ0) is 12.7. The van der Waals surface area contributed by atoms with E-state index in [1.54, 1.807) is 6.20 Å². The van der Waals surface area contributed by atoms with Crippen LogP contribution in [0.15, 0.2) is 24.4 Å². The first-order valence-corrected chi connectivity index (χ1v) is 7.21. The van der Waals surface area contributed by atoms with Crippen LogP contribution < -0.4 is 5.32 Å². The van der Waals surface area contributed by atoms with Crippen LogP contribution in [0.1, 0.15) is 32.4 Å².